The van der Waals surface area contributed by atoms with Gasteiger partial charge in [0.05, 0.1) is 12.1 Å². The van der Waals surface area contributed by atoms with Crippen molar-refractivity contribution in [1.82, 2.24) is 14.9 Å². The van der Waals surface area contributed by atoms with Crippen LogP contribution in [0.4, 0.5) is 11.5 Å². The molecule has 10 nitrogen and oxygen atoms in total. The predicted molar refractivity (Wildman–Crippen MR) is 157 cm³/mol. The number of thiol groups is 1. The Kier molecular flexibility index (Phi) is 9.65. The molecule has 210 valence electrons. The van der Waals surface area contributed by atoms with Crippen LogP contribution in [0.3, 0.4) is 0 Å². The van der Waals surface area contributed by atoms with Crippen LogP contribution in [0.1, 0.15) is 43.1 Å². The molecule has 0 spiro atoms. The molecule has 3 aromatic rings. The van der Waals surface area contributed by atoms with Crippen LogP contribution in [0.15, 0.2) is 65.3 Å². The lowest BCUT2D eigenvalue weighted by Gasteiger charge is -2.22. The molecule has 1 saturated heterocycles. The number of aliphatic hydroxyl groups is 2. The summed E-state index contributed by atoms with van der Waals surface area (Å²) in [4.78, 5) is 36.2. The normalized spacial score (nSPS) is 14.4. The van der Waals surface area contributed by atoms with E-state index in [0.717, 1.165) is 12.1 Å². The molecule has 2 amide bonds. The number of nitrogens with two attached hydrogens (primary N) is 1. The van der Waals surface area contributed by atoms with Crippen LogP contribution >= 0.6 is 11.4 Å². The lowest BCUT2D eigenvalue weighted by Crippen LogP contribution is -2.23. The van der Waals surface area contributed by atoms with Gasteiger partial charge in [-0.2, -0.15) is 0 Å². The smallest absolute Gasteiger partial charge is 0.227 e. The summed E-state index contributed by atoms with van der Waals surface area (Å²) in [6.07, 6.45) is 3.91. The zero-order valence-corrected chi connectivity index (χ0v) is 23.3. The summed E-state index contributed by atoms with van der Waals surface area (Å²) in [7, 11) is 0. The van der Waals surface area contributed by atoms with Crippen molar-refractivity contribution in [3.63, 3.8) is 0 Å². The number of para-hydroxylation sites is 1. The Morgan fingerprint density at radius 1 is 1.23 bits per heavy atom. The second kappa shape index (κ2) is 13.3. The fourth-order valence-corrected chi connectivity index (χ4v) is 5.38. The molecule has 1 aromatic heterocycles. The van der Waals surface area contributed by atoms with Crippen molar-refractivity contribution in [1.29, 1.82) is 0 Å². The minimum Gasteiger partial charge on any atom is -0.457 e. The van der Waals surface area contributed by atoms with Crippen molar-refractivity contribution in [2.24, 2.45) is 0 Å². The van der Waals surface area contributed by atoms with Gasteiger partial charge in [0.2, 0.25) is 12.3 Å². The lowest BCUT2D eigenvalue weighted by atomic mass is 10.2. The van der Waals surface area contributed by atoms with E-state index in [1.54, 1.807) is 61.3 Å². The summed E-state index contributed by atoms with van der Waals surface area (Å²) in [6, 6.07) is 14.3. The molecule has 0 atom stereocenters. The molecule has 2 aromatic carbocycles. The molecule has 0 unspecified atom stereocenters. The van der Waals surface area contributed by atoms with Crippen LogP contribution in [0.2, 0.25) is 0 Å². The van der Waals surface area contributed by atoms with Crippen LogP contribution < -0.4 is 15.4 Å². The maximum atomic E-state index is 12.0. The fraction of sp³-hybridized carbons (Fsp3) is 0.276. The lowest BCUT2D eigenvalue weighted by molar-refractivity contribution is -0.117. The van der Waals surface area contributed by atoms with E-state index in [-0.39, 0.29) is 36.3 Å². The maximum Gasteiger partial charge on any atom is 0.227 e. The highest BCUT2D eigenvalue weighted by Gasteiger charge is 2.21. The molecule has 40 heavy (non-hydrogen) atoms. The van der Waals surface area contributed by atoms with Gasteiger partial charge in [-0.3, -0.25) is 9.59 Å². The van der Waals surface area contributed by atoms with E-state index in [1.165, 1.54) is 4.90 Å². The third-order valence-electron chi connectivity index (χ3n) is 6.50. The molecule has 1 aliphatic rings. The summed E-state index contributed by atoms with van der Waals surface area (Å²) in [5.74, 6) is 1.93. The number of benzene rings is 2. The number of nitrogens with zero attached hydrogens (tertiary/aromatic N) is 4. The minimum absolute atomic E-state index is 0.00159. The first-order valence-corrected chi connectivity index (χ1v) is 13.8. The van der Waals surface area contributed by atoms with Crippen molar-refractivity contribution in [2.75, 3.05) is 23.8 Å². The Bertz CT molecular complexity index is 1440. The van der Waals surface area contributed by atoms with E-state index >= 15 is 0 Å². The zero-order chi connectivity index (χ0) is 28.6. The first kappa shape index (κ1) is 28.9. The number of carbonyl (C=O) groups excluding carboxylic acids is 2. The van der Waals surface area contributed by atoms with Crippen molar-refractivity contribution in [3.8, 4) is 11.5 Å². The number of hydrogen-bond acceptors (Lipinski definition) is 7. The van der Waals surface area contributed by atoms with Gasteiger partial charge in [0, 0.05) is 54.0 Å². The number of carbonyl (C=O) groups is 2. The SMILES string of the molecule is C/C(=C(CCO)/[SH]=C(\O)c1ccccc1Oc1ccc(N2CCCC2=O)cc1)N(C=O)Cc1cnc(C)nc1N. The summed E-state index contributed by atoms with van der Waals surface area (Å²) >= 11 is 0.407. The van der Waals surface area contributed by atoms with Crippen LogP contribution in [0, 0.1) is 6.92 Å². The first-order chi connectivity index (χ1) is 19.3. The number of nitrogen functional groups attached to an aromatic ring is 1. The number of anilines is 2. The van der Waals surface area contributed by atoms with Gasteiger partial charge in [0.25, 0.3) is 0 Å². The van der Waals surface area contributed by atoms with Gasteiger partial charge in [0.15, 0.2) is 0 Å². The Balaban J connectivity index is 1.59. The van der Waals surface area contributed by atoms with E-state index in [9.17, 15) is 19.8 Å². The Morgan fingerprint density at radius 2 is 1.98 bits per heavy atom. The molecular weight excluding hydrogens is 530 g/mol. The summed E-state index contributed by atoms with van der Waals surface area (Å²) in [5.41, 5.74) is 8.47. The number of amides is 2. The van der Waals surface area contributed by atoms with E-state index in [4.69, 9.17) is 10.5 Å². The number of allylic oxidation sites excluding steroid dienone is 1. The molecule has 1 fully saturated rings. The number of hydrogen-bond donors (Lipinski definition) is 4. The standard InChI is InChI=1S/C29H33N5O5S/c1-19(33(18-36)17-21-16-31-20(2)32-28(21)30)26(13-15-35)40-29(38)24-6-3-4-7-25(24)39-23-11-9-22(10-12-23)34-14-5-8-27(34)37/h3-4,6-7,9-12,16,18,35,38,40H,5,8,13-15,17H2,1-2H3,(H2,30,31,32)/b26-19-. The molecule has 0 aliphatic carbocycles. The molecule has 11 heteroatoms. The summed E-state index contributed by atoms with van der Waals surface area (Å²) < 4.78 is 6.10. The zero-order valence-electron chi connectivity index (χ0n) is 22.4. The second-order valence-electron chi connectivity index (χ2n) is 9.24. The van der Waals surface area contributed by atoms with Gasteiger partial charge < -0.3 is 30.5 Å². The Hall–Kier alpha value is -4.06. The number of aliphatic hydroxyl groups excluding tert-OH is 2. The highest BCUT2D eigenvalue weighted by molar-refractivity contribution is 8.02. The second-order valence-corrected chi connectivity index (χ2v) is 10.4. The molecule has 2 heterocycles. The summed E-state index contributed by atoms with van der Waals surface area (Å²) in [6.45, 7) is 4.17. The van der Waals surface area contributed by atoms with Crippen molar-refractivity contribution >= 4 is 40.2 Å². The average molecular weight is 564 g/mol. The Morgan fingerprint density at radius 3 is 2.62 bits per heavy atom. The highest BCUT2D eigenvalue weighted by atomic mass is 32.1. The van der Waals surface area contributed by atoms with Gasteiger partial charge >= 0.3 is 0 Å². The molecule has 4 rings (SSSR count). The predicted octanol–water partition coefficient (Wildman–Crippen LogP) is 4.06. The number of aryl methyl sites for hydroxylation is 1. The van der Waals surface area contributed by atoms with Crippen LogP contribution in [0.5, 0.6) is 11.5 Å². The fourth-order valence-electron chi connectivity index (χ4n) is 4.31. The molecule has 1 aliphatic heterocycles. The van der Waals surface area contributed by atoms with E-state index in [1.807, 2.05) is 12.1 Å². The molecule has 0 saturated carbocycles. The number of aromatic nitrogens is 2. The molecule has 0 bridgehead atoms. The largest absolute Gasteiger partial charge is 0.457 e. The third kappa shape index (κ3) is 6.92. The van der Waals surface area contributed by atoms with Crippen molar-refractivity contribution < 1.29 is 24.5 Å². The van der Waals surface area contributed by atoms with Gasteiger partial charge in [-0.15, -0.1) is 11.4 Å². The third-order valence-corrected chi connectivity index (χ3v) is 7.77. The Labute approximate surface area is 236 Å². The molecule has 0 radical (unpaired) electrons. The van der Waals surface area contributed by atoms with Crippen molar-refractivity contribution in [2.45, 2.75) is 39.7 Å². The molecular formula is C29H33N5O5S. The highest BCUT2D eigenvalue weighted by Crippen LogP contribution is 2.31. The minimum atomic E-state index is -0.167. The van der Waals surface area contributed by atoms with Crippen LogP contribution in [0.25, 0.3) is 0 Å². The monoisotopic (exact) mass is 563 g/mol. The maximum absolute atomic E-state index is 12.0. The van der Waals surface area contributed by atoms with Crippen LogP contribution in [-0.2, 0) is 16.1 Å². The quantitative estimate of drug-likeness (QED) is 0.155. The van der Waals surface area contributed by atoms with E-state index in [0.29, 0.717) is 69.8 Å². The van der Waals surface area contributed by atoms with Crippen LogP contribution in [-0.4, -0.2) is 55.6 Å². The average Bonchev–Trinajstić information content (AvgIpc) is 3.38. The van der Waals surface area contributed by atoms with Crippen molar-refractivity contribution in [3.05, 3.63) is 82.3 Å². The number of rotatable bonds is 11. The topological polar surface area (TPSA) is 142 Å². The van der Waals surface area contributed by atoms with E-state index < -0.39 is 0 Å². The first-order valence-electron chi connectivity index (χ1n) is 12.9. The van der Waals surface area contributed by atoms with Gasteiger partial charge in [-0.25, -0.2) is 9.97 Å². The van der Waals surface area contributed by atoms with E-state index in [2.05, 4.69) is 9.97 Å². The van der Waals surface area contributed by atoms with Gasteiger partial charge in [0.1, 0.15) is 28.2 Å². The summed E-state index contributed by atoms with van der Waals surface area (Å²) in [5, 5.41) is 20.9. The van der Waals surface area contributed by atoms with Gasteiger partial charge in [-0.1, -0.05) is 12.1 Å². The molecule has 4 N–H and O–H groups in total. The number of ether oxygens (including phenoxy) is 1. The van der Waals surface area contributed by atoms with Gasteiger partial charge in [-0.05, 0) is 56.7 Å².